The van der Waals surface area contributed by atoms with E-state index in [0.29, 0.717) is 13.2 Å². The summed E-state index contributed by atoms with van der Waals surface area (Å²) in [7, 11) is 0. The highest BCUT2D eigenvalue weighted by molar-refractivity contribution is 7.12. The third-order valence-corrected chi connectivity index (χ3v) is 4.24. The molecule has 1 aliphatic heterocycles. The molecular formula is C13H14O3S. The molecule has 0 saturated carbocycles. The molecule has 1 fully saturated rings. The second-order valence-electron chi connectivity index (χ2n) is 4.36. The lowest BCUT2D eigenvalue weighted by Crippen LogP contribution is -2.31. The number of rotatable bonds is 2. The van der Waals surface area contributed by atoms with Gasteiger partial charge in [-0.25, -0.2) is 0 Å². The normalized spacial score (nSPS) is 22.7. The molecule has 0 amide bonds. The Labute approximate surface area is 104 Å². The summed E-state index contributed by atoms with van der Waals surface area (Å²) in [5.74, 6) is -0.374. The van der Waals surface area contributed by atoms with E-state index in [1.54, 1.807) is 0 Å². The quantitative estimate of drug-likeness (QED) is 0.757. The number of carbonyl (C=O) groups is 1. The van der Waals surface area contributed by atoms with Gasteiger partial charge in [-0.15, -0.1) is 11.3 Å². The Morgan fingerprint density at radius 1 is 1.35 bits per heavy atom. The van der Waals surface area contributed by atoms with Crippen molar-refractivity contribution in [1.82, 2.24) is 0 Å². The van der Waals surface area contributed by atoms with Gasteiger partial charge in [-0.3, -0.25) is 4.79 Å². The average molecular weight is 250 g/mol. The van der Waals surface area contributed by atoms with Crippen LogP contribution in [0.1, 0.15) is 34.5 Å². The van der Waals surface area contributed by atoms with Crippen LogP contribution in [0.25, 0.3) is 5.57 Å². The van der Waals surface area contributed by atoms with Gasteiger partial charge < -0.3 is 9.47 Å². The summed E-state index contributed by atoms with van der Waals surface area (Å²) in [5.41, 5.74) is 2.33. The number of carbonyl (C=O) groups excluding carboxylic acids is 1. The van der Waals surface area contributed by atoms with E-state index in [2.05, 4.69) is 6.08 Å². The Morgan fingerprint density at radius 2 is 2.18 bits per heavy atom. The predicted octanol–water partition coefficient (Wildman–Crippen LogP) is 2.87. The summed E-state index contributed by atoms with van der Waals surface area (Å²) in [4.78, 5) is 11.7. The molecule has 3 nitrogen and oxygen atoms in total. The van der Waals surface area contributed by atoms with Crippen LogP contribution in [0.5, 0.6) is 0 Å². The van der Waals surface area contributed by atoms with E-state index in [1.807, 2.05) is 11.4 Å². The fraction of sp³-hybridized carbons (Fsp3) is 0.462. The molecule has 17 heavy (non-hydrogen) atoms. The molecule has 1 aliphatic carbocycles. The number of hydrogen-bond acceptors (Lipinski definition) is 4. The fourth-order valence-electron chi connectivity index (χ4n) is 2.49. The van der Waals surface area contributed by atoms with Crippen LogP contribution in [0, 0.1) is 0 Å². The lowest BCUT2D eigenvalue weighted by molar-refractivity contribution is -0.159. The lowest BCUT2D eigenvalue weighted by atomic mass is 9.90. The summed E-state index contributed by atoms with van der Waals surface area (Å²) in [5, 5.41) is 1.97. The van der Waals surface area contributed by atoms with E-state index in [0.717, 1.165) is 36.0 Å². The van der Waals surface area contributed by atoms with E-state index in [4.69, 9.17) is 9.47 Å². The minimum absolute atomic E-state index is 0.374. The Bertz CT molecular complexity index is 455. The first kappa shape index (κ1) is 11.1. The van der Waals surface area contributed by atoms with Crippen LogP contribution in [-0.2, 0) is 9.47 Å². The van der Waals surface area contributed by atoms with Crippen LogP contribution >= 0.6 is 11.3 Å². The van der Waals surface area contributed by atoms with Crippen molar-refractivity contribution in [1.29, 1.82) is 0 Å². The molecule has 0 aromatic carbocycles. The highest BCUT2D eigenvalue weighted by Gasteiger charge is 2.37. The molecule has 2 aliphatic rings. The van der Waals surface area contributed by atoms with Crippen molar-refractivity contribution < 1.29 is 14.3 Å². The van der Waals surface area contributed by atoms with Crippen molar-refractivity contribution in [2.75, 3.05) is 13.2 Å². The maximum atomic E-state index is 10.9. The van der Waals surface area contributed by atoms with Gasteiger partial charge in [0.2, 0.25) is 0 Å². The summed E-state index contributed by atoms with van der Waals surface area (Å²) >= 11 is 1.50. The molecule has 2 heterocycles. The van der Waals surface area contributed by atoms with Crippen molar-refractivity contribution >= 4 is 23.2 Å². The van der Waals surface area contributed by atoms with Gasteiger partial charge in [-0.2, -0.15) is 0 Å². The second-order valence-corrected chi connectivity index (χ2v) is 5.31. The molecule has 1 saturated heterocycles. The van der Waals surface area contributed by atoms with Gasteiger partial charge in [-0.1, -0.05) is 6.08 Å². The van der Waals surface area contributed by atoms with Gasteiger partial charge in [0, 0.05) is 12.8 Å². The maximum absolute atomic E-state index is 10.9. The third-order valence-electron chi connectivity index (χ3n) is 3.40. The van der Waals surface area contributed by atoms with Crippen molar-refractivity contribution in [2.45, 2.75) is 25.0 Å². The number of allylic oxidation sites excluding steroid dienone is 1. The summed E-state index contributed by atoms with van der Waals surface area (Å²) < 4.78 is 11.3. The van der Waals surface area contributed by atoms with E-state index < -0.39 is 0 Å². The van der Waals surface area contributed by atoms with Crippen LogP contribution in [0.3, 0.4) is 0 Å². The third kappa shape index (κ3) is 1.97. The van der Waals surface area contributed by atoms with E-state index in [9.17, 15) is 4.79 Å². The first-order valence-corrected chi connectivity index (χ1v) is 6.71. The molecule has 4 heteroatoms. The number of hydrogen-bond donors (Lipinski definition) is 0. The molecule has 0 unspecified atom stereocenters. The first-order valence-electron chi connectivity index (χ1n) is 5.83. The summed E-state index contributed by atoms with van der Waals surface area (Å²) in [6.07, 6.45) is 5.68. The van der Waals surface area contributed by atoms with Crippen LogP contribution in [-0.4, -0.2) is 25.3 Å². The standard InChI is InChI=1S/C13H14O3S/c14-9-12-11(3-8-17-12)10-1-4-13(5-2-10)15-6-7-16-13/h1,3,8-9H,2,4-7H2. The Morgan fingerprint density at radius 3 is 2.82 bits per heavy atom. The van der Waals surface area contributed by atoms with Crippen LogP contribution in [0.15, 0.2) is 17.5 Å². The summed E-state index contributed by atoms with van der Waals surface area (Å²) in [6.45, 7) is 1.39. The summed E-state index contributed by atoms with van der Waals surface area (Å²) in [6, 6.07) is 2.02. The predicted molar refractivity (Wildman–Crippen MR) is 66.2 cm³/mol. The minimum atomic E-state index is -0.374. The molecule has 0 radical (unpaired) electrons. The van der Waals surface area contributed by atoms with E-state index in [-0.39, 0.29) is 5.79 Å². The molecular weight excluding hydrogens is 236 g/mol. The van der Waals surface area contributed by atoms with Crippen molar-refractivity contribution in [3.05, 3.63) is 28.0 Å². The van der Waals surface area contributed by atoms with Crippen molar-refractivity contribution in [3.63, 3.8) is 0 Å². The van der Waals surface area contributed by atoms with Crippen LogP contribution in [0.4, 0.5) is 0 Å². The number of ether oxygens (including phenoxy) is 2. The molecule has 3 rings (SSSR count). The Hall–Kier alpha value is -0.970. The topological polar surface area (TPSA) is 35.5 Å². The lowest BCUT2D eigenvalue weighted by Gasteiger charge is -2.30. The molecule has 0 atom stereocenters. The van der Waals surface area contributed by atoms with Crippen LogP contribution in [0.2, 0.25) is 0 Å². The molecule has 90 valence electrons. The zero-order valence-corrected chi connectivity index (χ0v) is 10.3. The van der Waals surface area contributed by atoms with Gasteiger partial charge in [0.15, 0.2) is 12.1 Å². The average Bonchev–Trinajstić information content (AvgIpc) is 3.00. The van der Waals surface area contributed by atoms with Crippen molar-refractivity contribution in [2.24, 2.45) is 0 Å². The molecule has 1 aromatic heterocycles. The highest BCUT2D eigenvalue weighted by Crippen LogP contribution is 2.39. The second kappa shape index (κ2) is 4.37. The number of thiophene rings is 1. The van der Waals surface area contributed by atoms with E-state index >= 15 is 0 Å². The molecule has 0 bridgehead atoms. The Kier molecular flexibility index (Phi) is 2.86. The largest absolute Gasteiger partial charge is 0.347 e. The highest BCUT2D eigenvalue weighted by atomic mass is 32.1. The maximum Gasteiger partial charge on any atom is 0.172 e. The fourth-order valence-corrected chi connectivity index (χ4v) is 3.22. The van der Waals surface area contributed by atoms with Gasteiger partial charge in [-0.05, 0) is 29.0 Å². The first-order chi connectivity index (χ1) is 8.33. The molecule has 1 aromatic rings. The molecule has 0 N–H and O–H groups in total. The number of aldehydes is 1. The van der Waals surface area contributed by atoms with E-state index in [1.165, 1.54) is 16.9 Å². The monoisotopic (exact) mass is 250 g/mol. The Balaban J connectivity index is 1.83. The smallest absolute Gasteiger partial charge is 0.172 e. The van der Waals surface area contributed by atoms with Crippen LogP contribution < -0.4 is 0 Å². The molecule has 1 spiro atoms. The van der Waals surface area contributed by atoms with Gasteiger partial charge >= 0.3 is 0 Å². The van der Waals surface area contributed by atoms with Gasteiger partial charge in [0.05, 0.1) is 18.1 Å². The van der Waals surface area contributed by atoms with Crippen molar-refractivity contribution in [3.8, 4) is 0 Å². The van der Waals surface area contributed by atoms with Gasteiger partial charge in [0.1, 0.15) is 0 Å². The zero-order chi connectivity index (χ0) is 11.7. The van der Waals surface area contributed by atoms with Gasteiger partial charge in [0.25, 0.3) is 0 Å². The minimum Gasteiger partial charge on any atom is -0.347 e. The zero-order valence-electron chi connectivity index (χ0n) is 9.48. The SMILES string of the molecule is O=Cc1sccc1C1=CCC2(CC1)OCCO2.